The van der Waals surface area contributed by atoms with E-state index in [0.29, 0.717) is 17.9 Å². The molecule has 21 heavy (non-hydrogen) atoms. The van der Waals surface area contributed by atoms with Gasteiger partial charge in [-0.3, -0.25) is 9.55 Å². The first kappa shape index (κ1) is 13.6. The van der Waals surface area contributed by atoms with Gasteiger partial charge in [0.05, 0.1) is 23.0 Å². The SMILES string of the molecule is Cc1cccc(-n2c(CCCl)nc3cnccc32)c1C#N. The summed E-state index contributed by atoms with van der Waals surface area (Å²) >= 11 is 5.89. The summed E-state index contributed by atoms with van der Waals surface area (Å²) in [6.45, 7) is 1.93. The maximum atomic E-state index is 9.47. The molecule has 0 N–H and O–H groups in total. The quantitative estimate of drug-likeness (QED) is 0.696. The molecule has 1 aromatic carbocycles. The van der Waals surface area contributed by atoms with Gasteiger partial charge in [-0.1, -0.05) is 12.1 Å². The van der Waals surface area contributed by atoms with Crippen LogP contribution < -0.4 is 0 Å². The van der Waals surface area contributed by atoms with Crippen molar-refractivity contribution in [3.05, 3.63) is 53.6 Å². The standard InChI is InChI=1S/C16H13ClN4/c1-11-3-2-4-14(12(11)9-18)21-15-6-8-19-10-13(15)20-16(21)5-7-17/h2-4,6,8,10H,5,7H2,1H3. The van der Waals surface area contributed by atoms with Gasteiger partial charge in [-0.15, -0.1) is 11.6 Å². The van der Waals surface area contributed by atoms with E-state index in [1.165, 1.54) is 0 Å². The van der Waals surface area contributed by atoms with E-state index in [1.807, 2.05) is 35.8 Å². The predicted octanol–water partition coefficient (Wildman–Crippen LogP) is 3.38. The van der Waals surface area contributed by atoms with Crippen LogP contribution in [-0.4, -0.2) is 20.4 Å². The number of halogens is 1. The number of alkyl halides is 1. The Balaban J connectivity index is 2.36. The number of nitriles is 1. The molecular weight excluding hydrogens is 284 g/mol. The summed E-state index contributed by atoms with van der Waals surface area (Å²) < 4.78 is 2.00. The van der Waals surface area contributed by atoms with Crippen molar-refractivity contribution in [3.8, 4) is 11.8 Å². The van der Waals surface area contributed by atoms with Crippen LogP contribution >= 0.6 is 11.6 Å². The summed E-state index contributed by atoms with van der Waals surface area (Å²) in [5, 5.41) is 9.47. The first-order chi connectivity index (χ1) is 10.3. The molecule has 104 valence electrons. The van der Waals surface area contributed by atoms with Crippen LogP contribution in [0.25, 0.3) is 16.7 Å². The van der Waals surface area contributed by atoms with Crippen LogP contribution in [0.4, 0.5) is 0 Å². The Morgan fingerprint density at radius 3 is 2.95 bits per heavy atom. The van der Waals surface area contributed by atoms with Gasteiger partial charge in [0.2, 0.25) is 0 Å². The van der Waals surface area contributed by atoms with Crippen molar-refractivity contribution >= 4 is 22.6 Å². The Morgan fingerprint density at radius 2 is 2.19 bits per heavy atom. The van der Waals surface area contributed by atoms with Crippen LogP contribution in [0.1, 0.15) is 17.0 Å². The number of nitrogens with zero attached hydrogens (tertiary/aromatic N) is 4. The number of aryl methyl sites for hydroxylation is 2. The van der Waals surface area contributed by atoms with Gasteiger partial charge in [0, 0.05) is 18.5 Å². The van der Waals surface area contributed by atoms with E-state index >= 15 is 0 Å². The second-order valence-corrected chi connectivity index (χ2v) is 5.13. The fraction of sp³-hybridized carbons (Fsp3) is 0.188. The minimum atomic E-state index is 0.477. The summed E-state index contributed by atoms with van der Waals surface area (Å²) in [5.41, 5.74) is 4.19. The molecule has 0 aliphatic rings. The Morgan fingerprint density at radius 1 is 1.33 bits per heavy atom. The molecule has 0 unspecified atom stereocenters. The van der Waals surface area contributed by atoms with E-state index < -0.39 is 0 Å². The van der Waals surface area contributed by atoms with Crippen LogP contribution in [-0.2, 0) is 6.42 Å². The normalized spacial score (nSPS) is 10.7. The fourth-order valence-corrected chi connectivity index (χ4v) is 2.66. The Bertz CT molecular complexity index is 845. The molecular formula is C16H13ClN4. The molecule has 0 radical (unpaired) electrons. The molecule has 0 bridgehead atoms. The highest BCUT2D eigenvalue weighted by Crippen LogP contribution is 2.25. The number of benzene rings is 1. The summed E-state index contributed by atoms with van der Waals surface area (Å²) in [6.07, 6.45) is 4.09. The highest BCUT2D eigenvalue weighted by atomic mass is 35.5. The summed E-state index contributed by atoms with van der Waals surface area (Å²) in [6, 6.07) is 10.0. The topological polar surface area (TPSA) is 54.5 Å². The molecule has 0 aliphatic heterocycles. The van der Waals surface area contributed by atoms with Crippen molar-refractivity contribution in [2.45, 2.75) is 13.3 Å². The highest BCUT2D eigenvalue weighted by Gasteiger charge is 2.15. The zero-order chi connectivity index (χ0) is 14.8. The number of pyridine rings is 1. The van der Waals surface area contributed by atoms with Gasteiger partial charge < -0.3 is 0 Å². The second-order valence-electron chi connectivity index (χ2n) is 4.75. The average Bonchev–Trinajstić information content (AvgIpc) is 2.85. The maximum absolute atomic E-state index is 9.47. The molecule has 2 aromatic heterocycles. The van der Waals surface area contributed by atoms with Crippen molar-refractivity contribution in [1.82, 2.24) is 14.5 Å². The number of imidazole rings is 1. The van der Waals surface area contributed by atoms with Crippen LogP contribution in [0.5, 0.6) is 0 Å². The molecule has 0 atom stereocenters. The van der Waals surface area contributed by atoms with E-state index in [1.54, 1.807) is 12.4 Å². The maximum Gasteiger partial charge on any atom is 0.115 e. The van der Waals surface area contributed by atoms with Gasteiger partial charge >= 0.3 is 0 Å². The van der Waals surface area contributed by atoms with E-state index in [4.69, 9.17) is 11.6 Å². The molecule has 4 nitrogen and oxygen atoms in total. The Labute approximate surface area is 127 Å². The molecule has 0 saturated heterocycles. The lowest BCUT2D eigenvalue weighted by atomic mass is 10.1. The third-order valence-electron chi connectivity index (χ3n) is 3.45. The molecule has 3 aromatic rings. The van der Waals surface area contributed by atoms with E-state index in [0.717, 1.165) is 28.1 Å². The molecule has 0 spiro atoms. The predicted molar refractivity (Wildman–Crippen MR) is 82.7 cm³/mol. The van der Waals surface area contributed by atoms with Crippen molar-refractivity contribution in [1.29, 1.82) is 5.26 Å². The van der Waals surface area contributed by atoms with Crippen LogP contribution in [0.2, 0.25) is 0 Å². The lowest BCUT2D eigenvalue weighted by Gasteiger charge is -2.11. The van der Waals surface area contributed by atoms with Gasteiger partial charge in [0.15, 0.2) is 0 Å². The van der Waals surface area contributed by atoms with Crippen molar-refractivity contribution in [3.63, 3.8) is 0 Å². The van der Waals surface area contributed by atoms with E-state index in [-0.39, 0.29) is 0 Å². The number of rotatable bonds is 3. The number of hydrogen-bond acceptors (Lipinski definition) is 3. The van der Waals surface area contributed by atoms with Crippen molar-refractivity contribution in [2.75, 3.05) is 5.88 Å². The van der Waals surface area contributed by atoms with Crippen LogP contribution in [0, 0.1) is 18.3 Å². The molecule has 0 aliphatic carbocycles. The van der Waals surface area contributed by atoms with Gasteiger partial charge in [0.1, 0.15) is 17.4 Å². The first-order valence-electron chi connectivity index (χ1n) is 6.63. The monoisotopic (exact) mass is 296 g/mol. The second kappa shape index (κ2) is 5.55. The van der Waals surface area contributed by atoms with Crippen molar-refractivity contribution < 1.29 is 0 Å². The lowest BCUT2D eigenvalue weighted by molar-refractivity contribution is 0.909. The summed E-state index contributed by atoms with van der Waals surface area (Å²) in [4.78, 5) is 8.70. The molecule has 0 fully saturated rings. The number of hydrogen-bond donors (Lipinski definition) is 0. The van der Waals surface area contributed by atoms with E-state index in [2.05, 4.69) is 16.0 Å². The zero-order valence-corrected chi connectivity index (χ0v) is 12.3. The van der Waals surface area contributed by atoms with Gasteiger partial charge in [0.25, 0.3) is 0 Å². The third kappa shape index (κ3) is 2.26. The summed E-state index contributed by atoms with van der Waals surface area (Å²) in [5.74, 6) is 1.32. The molecule has 0 amide bonds. The highest BCUT2D eigenvalue weighted by molar-refractivity contribution is 6.17. The molecule has 2 heterocycles. The van der Waals surface area contributed by atoms with E-state index in [9.17, 15) is 5.26 Å². The largest absolute Gasteiger partial charge is 0.295 e. The minimum absolute atomic E-state index is 0.477. The van der Waals surface area contributed by atoms with Crippen LogP contribution in [0.15, 0.2) is 36.7 Å². The minimum Gasteiger partial charge on any atom is -0.295 e. The fourth-order valence-electron chi connectivity index (χ4n) is 2.49. The first-order valence-corrected chi connectivity index (χ1v) is 7.17. The number of fused-ring (bicyclic) bond motifs is 1. The zero-order valence-electron chi connectivity index (χ0n) is 11.5. The number of aromatic nitrogens is 3. The van der Waals surface area contributed by atoms with Crippen molar-refractivity contribution in [2.24, 2.45) is 0 Å². The molecule has 0 saturated carbocycles. The van der Waals surface area contributed by atoms with Gasteiger partial charge in [-0.05, 0) is 24.6 Å². The van der Waals surface area contributed by atoms with Gasteiger partial charge in [-0.2, -0.15) is 5.26 Å². The molecule has 3 rings (SSSR count). The summed E-state index contributed by atoms with van der Waals surface area (Å²) in [7, 11) is 0. The molecule has 5 heteroatoms. The van der Waals surface area contributed by atoms with Crippen LogP contribution in [0.3, 0.4) is 0 Å². The lowest BCUT2D eigenvalue weighted by Crippen LogP contribution is -2.05. The van der Waals surface area contributed by atoms with Gasteiger partial charge in [-0.25, -0.2) is 4.98 Å². The third-order valence-corrected chi connectivity index (χ3v) is 3.64. The Kier molecular flexibility index (Phi) is 3.59. The Hall–Kier alpha value is -2.38. The smallest absolute Gasteiger partial charge is 0.115 e. The average molecular weight is 297 g/mol.